The third-order valence-electron chi connectivity index (χ3n) is 2.00. The molecule has 0 aliphatic heterocycles. The van der Waals surface area contributed by atoms with Crippen molar-refractivity contribution >= 4 is 5.97 Å². The van der Waals surface area contributed by atoms with Crippen molar-refractivity contribution in [2.45, 2.75) is 26.3 Å². The maximum absolute atomic E-state index is 10.2. The molecule has 0 unspecified atom stereocenters. The molecule has 0 radical (unpaired) electrons. The van der Waals surface area contributed by atoms with E-state index in [9.17, 15) is 9.90 Å². The Kier molecular flexibility index (Phi) is 7.57. The molecule has 0 spiro atoms. The fourth-order valence-corrected chi connectivity index (χ4v) is 1.02. The number of rotatable bonds is 6. The number of carboxylic acid groups (broad SMARTS) is 1. The summed E-state index contributed by atoms with van der Waals surface area (Å²) in [6.45, 7) is 3.52. The van der Waals surface area contributed by atoms with Gasteiger partial charge in [0.15, 0.2) is 5.82 Å². The monoisotopic (exact) mass is 235 g/mol. The van der Waals surface area contributed by atoms with Crippen molar-refractivity contribution in [2.24, 2.45) is 0 Å². The van der Waals surface area contributed by atoms with Gasteiger partial charge in [0.05, 0.1) is 6.54 Å². The van der Waals surface area contributed by atoms with E-state index in [1.807, 2.05) is 18.9 Å². The van der Waals surface area contributed by atoms with E-state index in [2.05, 4.69) is 10.1 Å². The molecule has 84 valence electrons. The number of aryl methyl sites for hydroxylation is 1. The van der Waals surface area contributed by atoms with Crippen LogP contribution in [0.3, 0.4) is 0 Å². The first-order valence-electron chi connectivity index (χ1n) is 4.81. The van der Waals surface area contributed by atoms with Gasteiger partial charge in [-0.1, -0.05) is 12.1 Å². The summed E-state index contributed by atoms with van der Waals surface area (Å²) >= 11 is 0. The maximum Gasteiger partial charge on any atom is 1.00 e. The average molecular weight is 235 g/mol. The van der Waals surface area contributed by atoms with Crippen LogP contribution in [0.2, 0.25) is 0 Å². The first-order chi connectivity index (χ1) is 7.11. The van der Waals surface area contributed by atoms with Gasteiger partial charge in [0.25, 0.3) is 0 Å². The van der Waals surface area contributed by atoms with Crippen LogP contribution in [-0.4, -0.2) is 34.6 Å². The SMILES string of the molecule is CCN(C)Cc1noc(CCC(=O)[O-])n1.[Na+]. The van der Waals surface area contributed by atoms with Crippen molar-refractivity contribution in [3.05, 3.63) is 11.7 Å². The van der Waals surface area contributed by atoms with Crippen molar-refractivity contribution in [3.63, 3.8) is 0 Å². The summed E-state index contributed by atoms with van der Waals surface area (Å²) in [6, 6.07) is 0. The molecule has 0 bridgehead atoms. The maximum atomic E-state index is 10.2. The number of carbonyl (C=O) groups is 1. The molecule has 7 heteroatoms. The van der Waals surface area contributed by atoms with E-state index in [4.69, 9.17) is 4.52 Å². The first kappa shape index (κ1) is 15.6. The topological polar surface area (TPSA) is 82.3 Å². The molecule has 1 aromatic heterocycles. The largest absolute Gasteiger partial charge is 1.00 e. The molecular weight excluding hydrogens is 221 g/mol. The molecule has 6 nitrogen and oxygen atoms in total. The first-order valence-corrected chi connectivity index (χ1v) is 4.81. The van der Waals surface area contributed by atoms with E-state index in [0.717, 1.165) is 6.54 Å². The molecule has 0 aromatic carbocycles. The van der Waals surface area contributed by atoms with Crippen molar-refractivity contribution in [1.29, 1.82) is 0 Å². The fraction of sp³-hybridized carbons (Fsp3) is 0.667. The Balaban J connectivity index is 0.00000225. The van der Waals surface area contributed by atoms with Crippen LogP contribution in [0.25, 0.3) is 0 Å². The van der Waals surface area contributed by atoms with Crippen molar-refractivity contribution < 1.29 is 44.0 Å². The third-order valence-corrected chi connectivity index (χ3v) is 2.00. The van der Waals surface area contributed by atoms with Crippen LogP contribution >= 0.6 is 0 Å². The number of carboxylic acids is 1. The van der Waals surface area contributed by atoms with Gasteiger partial charge in [-0.05, 0) is 20.0 Å². The van der Waals surface area contributed by atoms with Crippen LogP contribution in [0, 0.1) is 0 Å². The van der Waals surface area contributed by atoms with E-state index < -0.39 is 5.97 Å². The van der Waals surface area contributed by atoms with Crippen LogP contribution in [0.1, 0.15) is 25.1 Å². The fourth-order valence-electron chi connectivity index (χ4n) is 1.02. The second kappa shape index (κ2) is 7.78. The van der Waals surface area contributed by atoms with E-state index >= 15 is 0 Å². The van der Waals surface area contributed by atoms with Gasteiger partial charge in [-0.25, -0.2) is 0 Å². The Bertz CT molecular complexity index is 330. The van der Waals surface area contributed by atoms with E-state index in [1.165, 1.54) is 0 Å². The summed E-state index contributed by atoms with van der Waals surface area (Å²) in [4.78, 5) is 16.3. The Labute approximate surface area is 116 Å². The number of aromatic nitrogens is 2. The third kappa shape index (κ3) is 5.60. The predicted molar refractivity (Wildman–Crippen MR) is 49.6 cm³/mol. The van der Waals surface area contributed by atoms with Gasteiger partial charge in [-0.3, -0.25) is 4.90 Å². The number of carbonyl (C=O) groups excluding carboxylic acids is 1. The summed E-state index contributed by atoms with van der Waals surface area (Å²) in [5.41, 5.74) is 0. The quantitative estimate of drug-likeness (QED) is 0.470. The molecule has 1 heterocycles. The van der Waals surface area contributed by atoms with Crippen LogP contribution in [0.5, 0.6) is 0 Å². The Morgan fingerprint density at radius 1 is 1.56 bits per heavy atom. The molecule has 0 aliphatic rings. The number of hydrogen-bond acceptors (Lipinski definition) is 6. The molecular formula is C9H14N3NaO3. The smallest absolute Gasteiger partial charge is 0.550 e. The zero-order valence-corrected chi connectivity index (χ0v) is 11.9. The van der Waals surface area contributed by atoms with Crippen molar-refractivity contribution in [3.8, 4) is 0 Å². The van der Waals surface area contributed by atoms with Gasteiger partial charge in [0, 0.05) is 12.4 Å². The summed E-state index contributed by atoms with van der Waals surface area (Å²) in [5, 5.41) is 13.9. The van der Waals surface area contributed by atoms with Crippen molar-refractivity contribution in [2.75, 3.05) is 13.6 Å². The van der Waals surface area contributed by atoms with E-state index in [-0.39, 0.29) is 42.4 Å². The number of nitrogens with zero attached hydrogens (tertiary/aromatic N) is 3. The van der Waals surface area contributed by atoms with Crippen LogP contribution in [0.4, 0.5) is 0 Å². The molecule has 0 saturated heterocycles. The number of aliphatic carboxylic acids is 1. The Morgan fingerprint density at radius 3 is 2.81 bits per heavy atom. The molecule has 0 fully saturated rings. The zero-order valence-electron chi connectivity index (χ0n) is 9.89. The summed E-state index contributed by atoms with van der Waals surface area (Å²) < 4.78 is 4.88. The predicted octanol–water partition coefficient (Wildman–Crippen LogP) is -3.79. The van der Waals surface area contributed by atoms with Gasteiger partial charge in [0.1, 0.15) is 0 Å². The molecule has 0 amide bonds. The van der Waals surface area contributed by atoms with Crippen LogP contribution in [0.15, 0.2) is 4.52 Å². The van der Waals surface area contributed by atoms with Gasteiger partial charge >= 0.3 is 29.6 Å². The summed E-state index contributed by atoms with van der Waals surface area (Å²) in [7, 11) is 1.94. The standard InChI is InChI=1S/C9H15N3O3.Na/c1-3-12(2)6-7-10-8(15-11-7)4-5-9(13)14;/h3-6H2,1-2H3,(H,13,14);/q;+1/p-1. The van der Waals surface area contributed by atoms with Gasteiger partial charge < -0.3 is 14.4 Å². The summed E-state index contributed by atoms with van der Waals surface area (Å²) in [6.07, 6.45) is 0.135. The normalized spacial score (nSPS) is 10.2. The number of hydrogen-bond donors (Lipinski definition) is 0. The second-order valence-electron chi connectivity index (χ2n) is 3.31. The molecule has 1 rings (SSSR count). The minimum absolute atomic E-state index is 0. The van der Waals surface area contributed by atoms with Gasteiger partial charge in [-0.2, -0.15) is 4.98 Å². The minimum Gasteiger partial charge on any atom is -0.550 e. The van der Waals surface area contributed by atoms with Crippen LogP contribution in [-0.2, 0) is 17.8 Å². The second-order valence-corrected chi connectivity index (χ2v) is 3.31. The zero-order chi connectivity index (χ0) is 11.3. The molecule has 0 saturated carbocycles. The van der Waals surface area contributed by atoms with E-state index in [1.54, 1.807) is 0 Å². The molecule has 0 N–H and O–H groups in total. The Hall–Kier alpha value is -0.430. The Morgan fingerprint density at radius 2 is 2.25 bits per heavy atom. The van der Waals surface area contributed by atoms with Gasteiger partial charge in [0.2, 0.25) is 5.89 Å². The average Bonchev–Trinajstić information content (AvgIpc) is 2.62. The molecule has 0 atom stereocenters. The minimum atomic E-state index is -1.11. The summed E-state index contributed by atoms with van der Waals surface area (Å²) in [5.74, 6) is -0.188. The molecule has 0 aliphatic carbocycles. The van der Waals surface area contributed by atoms with E-state index in [0.29, 0.717) is 18.3 Å². The van der Waals surface area contributed by atoms with Crippen LogP contribution < -0.4 is 34.7 Å². The molecule has 1 aromatic rings. The van der Waals surface area contributed by atoms with Crippen molar-refractivity contribution in [1.82, 2.24) is 15.0 Å². The van der Waals surface area contributed by atoms with Gasteiger partial charge in [-0.15, -0.1) is 0 Å². The molecule has 16 heavy (non-hydrogen) atoms.